The van der Waals surface area contributed by atoms with E-state index in [-0.39, 0.29) is 11.0 Å². The Hall–Kier alpha value is -0.413. The average Bonchev–Trinajstić information content (AvgIpc) is 2.80. The second-order valence-electron chi connectivity index (χ2n) is 10.4. The molecule has 2 saturated carbocycles. The van der Waals surface area contributed by atoms with Crippen molar-refractivity contribution in [1.82, 2.24) is 0 Å². The Kier molecular flexibility index (Phi) is 6.10. The van der Waals surface area contributed by atoms with E-state index in [0.29, 0.717) is 29.5 Å². The molecule has 0 radical (unpaired) electrons. The van der Waals surface area contributed by atoms with Gasteiger partial charge in [0.15, 0.2) is 8.32 Å². The van der Waals surface area contributed by atoms with Crippen molar-refractivity contribution >= 4 is 14.1 Å². The zero-order valence-electron chi connectivity index (χ0n) is 17.8. The molecule has 0 N–H and O–H groups in total. The Labute approximate surface area is 156 Å². The summed E-state index contributed by atoms with van der Waals surface area (Å²) in [6.45, 7) is 18.2. The van der Waals surface area contributed by atoms with Gasteiger partial charge in [-0.1, -0.05) is 32.9 Å². The molecule has 2 rings (SSSR count). The fourth-order valence-electron chi connectivity index (χ4n) is 5.42. The molecule has 3 heteroatoms. The van der Waals surface area contributed by atoms with Crippen LogP contribution >= 0.6 is 0 Å². The number of carbonyl (C=O) groups excluding carboxylic acids is 1. The summed E-state index contributed by atoms with van der Waals surface area (Å²) in [4.78, 5) is 12.3. The summed E-state index contributed by atoms with van der Waals surface area (Å²) in [6.07, 6.45) is 10.2. The highest BCUT2D eigenvalue weighted by molar-refractivity contribution is 6.69. The van der Waals surface area contributed by atoms with Crippen LogP contribution in [-0.2, 0) is 9.22 Å². The Balaban J connectivity index is 2.05. The molecule has 2 aliphatic carbocycles. The molecule has 0 saturated heterocycles. The number of Topliss-reactive ketones (excluding diaryl/α,β-unsaturated/α-hetero) is 1. The normalized spacial score (nSPS) is 33.5. The third-order valence-electron chi connectivity index (χ3n) is 6.94. The zero-order chi connectivity index (χ0) is 19.0. The van der Waals surface area contributed by atoms with E-state index < -0.39 is 8.32 Å². The minimum absolute atomic E-state index is 0.121. The third-order valence-corrected chi connectivity index (χ3v) is 8.08. The quantitative estimate of drug-likeness (QED) is 0.412. The molecule has 0 aromatic rings. The van der Waals surface area contributed by atoms with E-state index in [1.165, 1.54) is 12.8 Å². The number of hydrogen-bond acceptors (Lipinski definition) is 2. The molecule has 5 atom stereocenters. The summed E-state index contributed by atoms with van der Waals surface area (Å²) >= 11 is 0. The van der Waals surface area contributed by atoms with Gasteiger partial charge in [0.2, 0.25) is 0 Å². The first kappa shape index (κ1) is 20.9. The van der Waals surface area contributed by atoms with Crippen LogP contribution in [0.15, 0.2) is 12.2 Å². The van der Waals surface area contributed by atoms with Crippen molar-refractivity contribution in [3.63, 3.8) is 0 Å². The van der Waals surface area contributed by atoms with Gasteiger partial charge in [-0.3, -0.25) is 4.79 Å². The molecular weight excluding hydrogens is 324 g/mol. The van der Waals surface area contributed by atoms with Gasteiger partial charge in [-0.25, -0.2) is 0 Å². The van der Waals surface area contributed by atoms with Crippen LogP contribution in [0.1, 0.15) is 66.7 Å². The zero-order valence-corrected chi connectivity index (χ0v) is 18.8. The highest BCUT2D eigenvalue weighted by Crippen LogP contribution is 2.56. The first-order chi connectivity index (χ1) is 11.4. The van der Waals surface area contributed by atoms with E-state index in [9.17, 15) is 4.79 Å². The predicted octanol–water partition coefficient (Wildman–Crippen LogP) is 6.23. The van der Waals surface area contributed by atoms with Crippen LogP contribution in [-0.4, -0.2) is 19.7 Å². The fourth-order valence-corrected chi connectivity index (χ4v) is 7.19. The molecule has 2 aliphatic rings. The molecule has 2 nitrogen and oxygen atoms in total. The van der Waals surface area contributed by atoms with E-state index >= 15 is 0 Å². The van der Waals surface area contributed by atoms with Crippen LogP contribution in [0.2, 0.25) is 19.6 Å². The first-order valence-electron chi connectivity index (χ1n) is 10.3. The smallest absolute Gasteiger partial charge is 0.184 e. The maximum Gasteiger partial charge on any atom is 0.184 e. The van der Waals surface area contributed by atoms with Gasteiger partial charge in [-0.05, 0) is 76.4 Å². The number of ketones is 1. The number of allylic oxidation sites excluding steroid dienone is 1. The molecule has 0 spiro atoms. The molecule has 2 fully saturated rings. The minimum Gasteiger partial charge on any atom is -0.412 e. The van der Waals surface area contributed by atoms with Gasteiger partial charge >= 0.3 is 0 Å². The number of carbonyl (C=O) groups is 1. The van der Waals surface area contributed by atoms with Crippen molar-refractivity contribution in [3.8, 4) is 0 Å². The Bertz CT molecular complexity index is 517. The van der Waals surface area contributed by atoms with Crippen LogP contribution in [0.3, 0.4) is 0 Å². The number of rotatable bonds is 6. The molecule has 0 heterocycles. The van der Waals surface area contributed by atoms with Gasteiger partial charge in [0, 0.05) is 18.3 Å². The van der Waals surface area contributed by atoms with Crippen molar-refractivity contribution < 1.29 is 9.22 Å². The summed E-state index contributed by atoms with van der Waals surface area (Å²) < 4.78 is 6.41. The van der Waals surface area contributed by atoms with Crippen LogP contribution in [0.5, 0.6) is 0 Å². The molecule has 25 heavy (non-hydrogen) atoms. The number of hydrogen-bond donors (Lipinski definition) is 0. The second-order valence-corrected chi connectivity index (χ2v) is 14.8. The van der Waals surface area contributed by atoms with Gasteiger partial charge in [0.1, 0.15) is 5.78 Å². The first-order valence-corrected chi connectivity index (χ1v) is 13.7. The van der Waals surface area contributed by atoms with Crippen molar-refractivity contribution in [2.45, 2.75) is 92.0 Å². The molecule has 1 unspecified atom stereocenters. The molecule has 0 aromatic heterocycles. The summed E-state index contributed by atoms with van der Waals surface area (Å²) in [6, 6.07) is 0. The Morgan fingerprint density at radius 1 is 1.20 bits per heavy atom. The largest absolute Gasteiger partial charge is 0.412 e. The van der Waals surface area contributed by atoms with E-state index in [2.05, 4.69) is 66.4 Å². The van der Waals surface area contributed by atoms with Crippen LogP contribution in [0, 0.1) is 29.1 Å². The Morgan fingerprint density at radius 2 is 1.84 bits per heavy atom. The lowest BCUT2D eigenvalue weighted by atomic mass is 9.62. The molecule has 0 amide bonds. The van der Waals surface area contributed by atoms with E-state index in [0.717, 1.165) is 19.3 Å². The van der Waals surface area contributed by atoms with Crippen molar-refractivity contribution in [1.29, 1.82) is 0 Å². The second kappa shape index (κ2) is 7.30. The highest BCUT2D eigenvalue weighted by atomic mass is 28.4. The average molecular weight is 365 g/mol. The topological polar surface area (TPSA) is 26.3 Å². The molecule has 0 aliphatic heterocycles. The summed E-state index contributed by atoms with van der Waals surface area (Å²) in [5, 5.41) is 0. The lowest BCUT2D eigenvalue weighted by molar-refractivity contribution is -0.129. The Morgan fingerprint density at radius 3 is 2.44 bits per heavy atom. The van der Waals surface area contributed by atoms with Crippen molar-refractivity contribution in [2.75, 3.05) is 0 Å². The number of fused-ring (bicyclic) bond motifs is 1. The van der Waals surface area contributed by atoms with Crippen LogP contribution in [0.4, 0.5) is 0 Å². The SMILES string of the molecule is CC(/C=C\[C@@H](C)[C@H]1CC[C@H]2C(=O)CCC[C@]12C)C(C)(C)O[Si](C)(C)C. The lowest BCUT2D eigenvalue weighted by Crippen LogP contribution is -2.42. The van der Waals surface area contributed by atoms with Gasteiger partial charge in [0.25, 0.3) is 0 Å². The minimum atomic E-state index is -1.55. The summed E-state index contributed by atoms with van der Waals surface area (Å²) in [5.74, 6) is 2.42. The third kappa shape index (κ3) is 4.66. The highest BCUT2D eigenvalue weighted by Gasteiger charge is 2.52. The molecule has 144 valence electrons. The molecule has 0 aromatic carbocycles. The van der Waals surface area contributed by atoms with Crippen LogP contribution < -0.4 is 0 Å². The van der Waals surface area contributed by atoms with Gasteiger partial charge < -0.3 is 4.43 Å². The molecule has 0 bridgehead atoms. The van der Waals surface area contributed by atoms with Gasteiger partial charge in [-0.2, -0.15) is 0 Å². The van der Waals surface area contributed by atoms with Crippen LogP contribution in [0.25, 0.3) is 0 Å². The molecular formula is C22H40O2Si. The van der Waals surface area contributed by atoms with Crippen molar-refractivity contribution in [2.24, 2.45) is 29.1 Å². The van der Waals surface area contributed by atoms with Crippen molar-refractivity contribution in [3.05, 3.63) is 12.2 Å². The van der Waals surface area contributed by atoms with E-state index in [4.69, 9.17) is 4.43 Å². The fraction of sp³-hybridized carbons (Fsp3) is 0.864. The maximum atomic E-state index is 12.3. The summed E-state index contributed by atoms with van der Waals surface area (Å²) in [7, 11) is -1.55. The maximum absolute atomic E-state index is 12.3. The van der Waals surface area contributed by atoms with Gasteiger partial charge in [-0.15, -0.1) is 0 Å². The van der Waals surface area contributed by atoms with E-state index in [1.54, 1.807) is 0 Å². The predicted molar refractivity (Wildman–Crippen MR) is 109 cm³/mol. The standard InChI is InChI=1S/C22H40O2Si/c1-16(11-12-17(2)21(3,4)24-25(6,7)8)18-13-14-19-20(23)10-9-15-22(18,19)5/h11-12,16-19H,9-10,13-15H2,1-8H3/b12-11-/t16-,17?,18-,19+,22-/m1/s1. The summed E-state index contributed by atoms with van der Waals surface area (Å²) in [5.41, 5.74) is 0.107. The van der Waals surface area contributed by atoms with E-state index in [1.807, 2.05) is 0 Å². The van der Waals surface area contributed by atoms with Gasteiger partial charge in [0.05, 0.1) is 5.60 Å². The lowest BCUT2D eigenvalue weighted by Gasteiger charge is -2.42. The monoisotopic (exact) mass is 364 g/mol.